The van der Waals surface area contributed by atoms with Crippen LogP contribution in [0.1, 0.15) is 12.8 Å². The molecule has 0 N–H and O–H groups in total. The van der Waals surface area contributed by atoms with E-state index >= 15 is 0 Å². The van der Waals surface area contributed by atoms with Gasteiger partial charge in [-0.25, -0.2) is 14.5 Å². The Kier molecular flexibility index (Phi) is 6.07. The smallest absolute Gasteiger partial charge is 0.388 e. The number of aromatic nitrogens is 5. The molecule has 0 bridgehead atoms. The standard InChI is InChI=1S/C25H27F3N8O/c1-33-10-12-35(13-11-33)17-5-8-34(9-6-17)18-14-30-24-21(15-31-36(24)16-18)19-4-7-29-23-20(19)2-3-22(32-23)37-25(26,27)28/h2-4,7,14-17H,5-6,8-13H2,1H3. The lowest BCUT2D eigenvalue weighted by Gasteiger charge is -2.42. The van der Waals surface area contributed by atoms with Crippen LogP contribution in [0.3, 0.4) is 0 Å². The first-order valence-electron chi connectivity index (χ1n) is 12.4. The summed E-state index contributed by atoms with van der Waals surface area (Å²) in [4.78, 5) is 20.1. The highest BCUT2D eigenvalue weighted by Gasteiger charge is 2.32. The van der Waals surface area contributed by atoms with Crippen molar-refractivity contribution in [3.05, 3.63) is 43.0 Å². The highest BCUT2D eigenvalue weighted by Crippen LogP contribution is 2.32. The van der Waals surface area contributed by atoms with Gasteiger partial charge in [-0.15, -0.1) is 13.2 Å². The second kappa shape index (κ2) is 9.42. The van der Waals surface area contributed by atoms with Crippen molar-refractivity contribution in [3.8, 4) is 17.0 Å². The molecule has 0 unspecified atom stereocenters. The van der Waals surface area contributed by atoms with Crippen molar-refractivity contribution in [2.75, 3.05) is 51.2 Å². The summed E-state index contributed by atoms with van der Waals surface area (Å²) >= 11 is 0. The van der Waals surface area contributed by atoms with E-state index in [1.165, 1.54) is 18.3 Å². The molecule has 2 aliphatic heterocycles. The topological polar surface area (TPSA) is 74.9 Å². The van der Waals surface area contributed by atoms with Crippen LogP contribution in [-0.2, 0) is 0 Å². The number of halogens is 3. The molecule has 194 valence electrons. The van der Waals surface area contributed by atoms with E-state index in [2.05, 4.69) is 41.6 Å². The van der Waals surface area contributed by atoms with Gasteiger partial charge in [0.1, 0.15) is 0 Å². The minimum atomic E-state index is -4.82. The van der Waals surface area contributed by atoms with Crippen LogP contribution in [0.5, 0.6) is 5.88 Å². The van der Waals surface area contributed by atoms with E-state index in [9.17, 15) is 13.2 Å². The van der Waals surface area contributed by atoms with Crippen molar-refractivity contribution in [1.29, 1.82) is 0 Å². The van der Waals surface area contributed by atoms with Crippen LogP contribution < -0.4 is 9.64 Å². The lowest BCUT2D eigenvalue weighted by molar-refractivity contribution is -0.276. The summed E-state index contributed by atoms with van der Waals surface area (Å²) in [5.74, 6) is -0.552. The first-order chi connectivity index (χ1) is 17.8. The fourth-order valence-electron chi connectivity index (χ4n) is 5.32. The summed E-state index contributed by atoms with van der Waals surface area (Å²) < 4.78 is 43.5. The molecule has 2 aliphatic rings. The summed E-state index contributed by atoms with van der Waals surface area (Å²) in [6, 6.07) is 5.12. The molecular formula is C25H27F3N8O. The number of pyridine rings is 2. The molecule has 4 aromatic rings. The number of ether oxygens (including phenoxy) is 1. The minimum Gasteiger partial charge on any atom is -0.388 e. The average molecular weight is 513 g/mol. The Morgan fingerprint density at radius 2 is 1.70 bits per heavy atom. The molecule has 0 radical (unpaired) electrons. The Bertz CT molecular complexity index is 1410. The van der Waals surface area contributed by atoms with E-state index in [1.807, 2.05) is 12.4 Å². The Hall–Kier alpha value is -3.51. The largest absolute Gasteiger partial charge is 0.574 e. The minimum absolute atomic E-state index is 0.151. The molecule has 37 heavy (non-hydrogen) atoms. The second-order valence-corrected chi connectivity index (χ2v) is 9.62. The number of hydrogen-bond donors (Lipinski definition) is 0. The third-order valence-electron chi connectivity index (χ3n) is 7.31. The van der Waals surface area contributed by atoms with Crippen molar-refractivity contribution in [2.24, 2.45) is 0 Å². The van der Waals surface area contributed by atoms with Crippen LogP contribution in [-0.4, -0.2) is 93.1 Å². The Labute approximate surface area is 211 Å². The number of piperazine rings is 1. The first kappa shape index (κ1) is 23.9. The zero-order valence-corrected chi connectivity index (χ0v) is 20.4. The van der Waals surface area contributed by atoms with Gasteiger partial charge in [-0.1, -0.05) is 0 Å². The van der Waals surface area contributed by atoms with Gasteiger partial charge in [-0.2, -0.15) is 10.1 Å². The van der Waals surface area contributed by atoms with Gasteiger partial charge >= 0.3 is 6.36 Å². The predicted octanol–water partition coefficient (Wildman–Crippen LogP) is 3.45. The molecule has 0 spiro atoms. The molecule has 6 heterocycles. The van der Waals surface area contributed by atoms with E-state index in [0.29, 0.717) is 17.1 Å². The molecule has 0 aliphatic carbocycles. The van der Waals surface area contributed by atoms with Gasteiger partial charge in [0.2, 0.25) is 5.88 Å². The van der Waals surface area contributed by atoms with Gasteiger partial charge in [0, 0.05) is 68.5 Å². The van der Waals surface area contributed by atoms with Gasteiger partial charge < -0.3 is 14.5 Å². The quantitative estimate of drug-likeness (QED) is 0.412. The fourth-order valence-corrected chi connectivity index (χ4v) is 5.32. The third-order valence-corrected chi connectivity index (χ3v) is 7.31. The van der Waals surface area contributed by atoms with Crippen LogP contribution in [0.2, 0.25) is 0 Å². The fraction of sp³-hybridized carbons (Fsp3) is 0.440. The number of anilines is 1. The number of rotatable bonds is 4. The van der Waals surface area contributed by atoms with Crippen molar-refractivity contribution in [2.45, 2.75) is 25.2 Å². The van der Waals surface area contributed by atoms with E-state index in [1.54, 1.807) is 16.8 Å². The molecule has 2 fully saturated rings. The van der Waals surface area contributed by atoms with E-state index in [-0.39, 0.29) is 5.65 Å². The molecule has 0 amide bonds. The summed E-state index contributed by atoms with van der Waals surface area (Å²) in [5, 5.41) is 5.11. The maximum Gasteiger partial charge on any atom is 0.574 e. The zero-order valence-electron chi connectivity index (χ0n) is 20.4. The normalized spacial score (nSPS) is 18.6. The zero-order chi connectivity index (χ0) is 25.6. The maximum absolute atomic E-state index is 12.6. The predicted molar refractivity (Wildman–Crippen MR) is 133 cm³/mol. The van der Waals surface area contributed by atoms with E-state index in [4.69, 9.17) is 4.98 Å². The van der Waals surface area contributed by atoms with Crippen LogP contribution in [0.15, 0.2) is 43.0 Å². The lowest BCUT2D eigenvalue weighted by atomic mass is 10.0. The number of alkyl halides is 3. The molecule has 4 aromatic heterocycles. The molecule has 0 saturated carbocycles. The van der Waals surface area contributed by atoms with Crippen molar-refractivity contribution < 1.29 is 17.9 Å². The lowest BCUT2D eigenvalue weighted by Crippen LogP contribution is -2.52. The van der Waals surface area contributed by atoms with E-state index in [0.717, 1.165) is 68.9 Å². The molecule has 0 atom stereocenters. The molecule has 2 saturated heterocycles. The molecule has 12 heteroatoms. The van der Waals surface area contributed by atoms with Gasteiger partial charge in [-0.3, -0.25) is 4.90 Å². The summed E-state index contributed by atoms with van der Waals surface area (Å²) in [6.07, 6.45) is 4.50. The van der Waals surface area contributed by atoms with Crippen LogP contribution in [0, 0.1) is 0 Å². The maximum atomic E-state index is 12.6. The van der Waals surface area contributed by atoms with Crippen molar-refractivity contribution in [1.82, 2.24) is 34.4 Å². The van der Waals surface area contributed by atoms with Crippen LogP contribution in [0.25, 0.3) is 27.8 Å². The Morgan fingerprint density at radius 3 is 2.46 bits per heavy atom. The van der Waals surface area contributed by atoms with Gasteiger partial charge in [-0.05, 0) is 37.6 Å². The summed E-state index contributed by atoms with van der Waals surface area (Å²) in [5.41, 5.74) is 3.31. The van der Waals surface area contributed by atoms with E-state index < -0.39 is 12.2 Å². The highest BCUT2D eigenvalue weighted by molar-refractivity contribution is 5.96. The Balaban J connectivity index is 1.21. The molecular weight excluding hydrogens is 485 g/mol. The molecule has 9 nitrogen and oxygen atoms in total. The summed E-state index contributed by atoms with van der Waals surface area (Å²) in [6.45, 7) is 6.49. The monoisotopic (exact) mass is 512 g/mol. The van der Waals surface area contributed by atoms with Gasteiger partial charge in [0.25, 0.3) is 0 Å². The molecule has 0 aromatic carbocycles. The van der Waals surface area contributed by atoms with Crippen molar-refractivity contribution in [3.63, 3.8) is 0 Å². The second-order valence-electron chi connectivity index (χ2n) is 9.62. The number of fused-ring (bicyclic) bond motifs is 2. The first-order valence-corrected chi connectivity index (χ1v) is 12.4. The SMILES string of the molecule is CN1CCN(C2CCN(c3cnc4c(-c5ccnc6nc(OC(F)(F)F)ccc56)cnn4c3)CC2)CC1. The molecule has 6 rings (SSSR count). The summed E-state index contributed by atoms with van der Waals surface area (Å²) in [7, 11) is 2.18. The third kappa shape index (κ3) is 4.90. The number of likely N-dealkylation sites (N-methyl/N-ethyl adjacent to an activating group) is 1. The highest BCUT2D eigenvalue weighted by atomic mass is 19.4. The van der Waals surface area contributed by atoms with Gasteiger partial charge in [0.05, 0.1) is 24.3 Å². The van der Waals surface area contributed by atoms with Gasteiger partial charge in [0.15, 0.2) is 11.3 Å². The van der Waals surface area contributed by atoms with Crippen molar-refractivity contribution >= 4 is 22.4 Å². The average Bonchev–Trinajstić information content (AvgIpc) is 3.31. The Morgan fingerprint density at radius 1 is 0.919 bits per heavy atom. The van der Waals surface area contributed by atoms with Crippen LogP contribution in [0.4, 0.5) is 18.9 Å². The number of hydrogen-bond acceptors (Lipinski definition) is 8. The number of piperidine rings is 1. The van der Waals surface area contributed by atoms with Crippen LogP contribution >= 0.6 is 0 Å². The number of nitrogens with zero attached hydrogens (tertiary/aromatic N) is 8.